The number of fused-ring (bicyclic) bond motifs is 1. The molecule has 0 amide bonds. The van der Waals surface area contributed by atoms with E-state index in [1.807, 2.05) is 71.3 Å². The first kappa shape index (κ1) is 29.0. The molecule has 8 aromatic rings. The SMILES string of the molecule is [2H]c1c([2H])c([2H])c(-c2ccnc(-c3cc(-c4cccc5c4nc(-c4cc(C(C)C)cc(C(C)C)c4O)n5-c4ccc(C([2H])([2H])[2H])cc4-c4ccccc4)cc(C(C)(C)C)c3)c2)c([2H])c1[2H]. The van der Waals surface area contributed by atoms with Crippen molar-refractivity contribution in [3.8, 4) is 67.5 Å². The van der Waals surface area contributed by atoms with E-state index in [-0.39, 0.29) is 46.2 Å². The maximum atomic E-state index is 12.2. The lowest BCUT2D eigenvalue weighted by Crippen LogP contribution is -2.11. The highest BCUT2D eigenvalue weighted by atomic mass is 16.3. The third-order valence-electron chi connectivity index (χ3n) is 10.7. The Hall–Kier alpha value is -6.26. The Bertz CT molecular complexity index is 3120. The Morgan fingerprint density at radius 2 is 1.44 bits per heavy atom. The van der Waals surface area contributed by atoms with Gasteiger partial charge in [-0.2, -0.15) is 0 Å². The first-order valence-corrected chi connectivity index (χ1v) is 19.4. The van der Waals surface area contributed by atoms with Crippen LogP contribution in [-0.2, 0) is 5.41 Å². The normalized spacial score (nSPS) is 14.1. The third kappa shape index (κ3) is 7.29. The molecule has 0 aliphatic heterocycles. The van der Waals surface area contributed by atoms with E-state index in [4.69, 9.17) is 20.9 Å². The second kappa shape index (κ2) is 15.0. The van der Waals surface area contributed by atoms with Gasteiger partial charge < -0.3 is 5.11 Å². The van der Waals surface area contributed by atoms with E-state index in [9.17, 15) is 5.11 Å². The van der Waals surface area contributed by atoms with Crippen molar-refractivity contribution in [3.05, 3.63) is 168 Å². The fourth-order valence-corrected chi connectivity index (χ4v) is 7.46. The number of pyridine rings is 1. The summed E-state index contributed by atoms with van der Waals surface area (Å²) in [5, 5.41) is 12.2. The fraction of sp³-hybridized carbons (Fsp3) is 0.208. The Labute approximate surface area is 348 Å². The average molecular weight is 754 g/mol. The zero-order chi connectivity index (χ0) is 46.9. The van der Waals surface area contributed by atoms with E-state index in [1.54, 1.807) is 30.5 Å². The number of hydrogen-bond acceptors (Lipinski definition) is 3. The Morgan fingerprint density at radius 3 is 2.16 bits per heavy atom. The lowest BCUT2D eigenvalue weighted by Gasteiger charge is -2.22. The van der Waals surface area contributed by atoms with Crippen molar-refractivity contribution < 1.29 is 16.1 Å². The predicted octanol–water partition coefficient (Wildman–Crippen LogP) is 14.3. The molecule has 0 radical (unpaired) electrons. The number of imidazole rings is 1. The molecule has 0 bridgehead atoms. The molecular weight excluding hydrogens is 695 g/mol. The van der Waals surface area contributed by atoms with Gasteiger partial charge in [0.25, 0.3) is 0 Å². The van der Waals surface area contributed by atoms with Crippen LogP contribution >= 0.6 is 0 Å². The lowest BCUT2D eigenvalue weighted by atomic mass is 9.83. The van der Waals surface area contributed by atoms with Gasteiger partial charge in [-0.1, -0.05) is 145 Å². The van der Waals surface area contributed by atoms with Gasteiger partial charge in [-0.25, -0.2) is 4.98 Å². The fourth-order valence-electron chi connectivity index (χ4n) is 7.46. The highest BCUT2D eigenvalue weighted by Crippen LogP contribution is 2.44. The summed E-state index contributed by atoms with van der Waals surface area (Å²) < 4.78 is 69.1. The molecule has 284 valence electrons. The number of rotatable bonds is 8. The zero-order valence-electron chi connectivity index (χ0n) is 41.4. The minimum absolute atomic E-state index is 0.00504. The molecule has 4 heteroatoms. The van der Waals surface area contributed by atoms with Gasteiger partial charge in [0, 0.05) is 27.0 Å². The van der Waals surface area contributed by atoms with Crippen molar-refractivity contribution in [1.29, 1.82) is 0 Å². The number of phenolic OH excluding ortho intramolecular Hbond substituents is 1. The average Bonchev–Trinajstić information content (AvgIpc) is 3.66. The Balaban J connectivity index is 1.44. The number of phenols is 1. The van der Waals surface area contributed by atoms with Crippen LogP contribution in [0.3, 0.4) is 0 Å². The second-order valence-corrected chi connectivity index (χ2v) is 16.3. The van der Waals surface area contributed by atoms with Gasteiger partial charge in [0.1, 0.15) is 11.6 Å². The molecule has 0 aliphatic carbocycles. The van der Waals surface area contributed by atoms with Crippen molar-refractivity contribution in [2.24, 2.45) is 0 Å². The Morgan fingerprint density at radius 1 is 0.667 bits per heavy atom. The topological polar surface area (TPSA) is 50.9 Å². The van der Waals surface area contributed by atoms with Crippen LogP contribution in [0.15, 0.2) is 146 Å². The standard InChI is InChI=1S/C53H51N3O/c1-33(2)39-30-44(34(3)4)51(57)46(31-39)52-55-50-43(20-15-21-49(50)56(52)48-23-22-35(5)26-45(48)37-18-13-10-14-19-37)40-27-41(29-42(28-40)53(6,7)8)47-32-38(24-25-54-47)36-16-11-9-12-17-36/h9-34,57H,1-8H3/i5D3,9D,11D,12D,16D,17D. The van der Waals surface area contributed by atoms with Gasteiger partial charge in [0.2, 0.25) is 0 Å². The minimum atomic E-state index is -2.36. The van der Waals surface area contributed by atoms with Crippen LogP contribution in [0, 0.1) is 6.85 Å². The summed E-state index contributed by atoms with van der Waals surface area (Å²) in [6.45, 7) is 12.4. The molecule has 2 heterocycles. The highest BCUT2D eigenvalue weighted by Gasteiger charge is 2.26. The number of para-hydroxylation sites is 1. The van der Waals surface area contributed by atoms with Crippen LogP contribution in [0.25, 0.3) is 72.7 Å². The maximum Gasteiger partial charge on any atom is 0.149 e. The van der Waals surface area contributed by atoms with E-state index in [2.05, 4.69) is 66.7 Å². The minimum Gasteiger partial charge on any atom is -0.507 e. The van der Waals surface area contributed by atoms with Gasteiger partial charge >= 0.3 is 0 Å². The van der Waals surface area contributed by atoms with Crippen LogP contribution < -0.4 is 0 Å². The first-order chi connectivity index (χ1) is 30.6. The molecule has 0 saturated carbocycles. The highest BCUT2D eigenvalue weighted by molar-refractivity contribution is 5.98. The number of aryl methyl sites for hydroxylation is 1. The molecular formula is C53H51N3O. The van der Waals surface area contributed by atoms with E-state index < -0.39 is 25.0 Å². The molecule has 0 unspecified atom stereocenters. The van der Waals surface area contributed by atoms with Gasteiger partial charge in [0.05, 0.1) is 34.8 Å². The van der Waals surface area contributed by atoms with Crippen LogP contribution in [0.1, 0.15) is 93.5 Å². The van der Waals surface area contributed by atoms with Crippen LogP contribution in [0.4, 0.5) is 0 Å². The summed E-state index contributed by atoms with van der Waals surface area (Å²) in [4.78, 5) is 10.2. The van der Waals surface area contributed by atoms with E-state index >= 15 is 0 Å². The number of hydrogen-bond donors (Lipinski definition) is 1. The van der Waals surface area contributed by atoms with Crippen molar-refractivity contribution in [2.45, 2.75) is 72.6 Å². The van der Waals surface area contributed by atoms with Gasteiger partial charge in [-0.15, -0.1) is 0 Å². The zero-order valence-corrected chi connectivity index (χ0v) is 33.4. The first-order valence-electron chi connectivity index (χ1n) is 23.4. The van der Waals surface area contributed by atoms with Crippen LogP contribution in [-0.4, -0.2) is 19.6 Å². The van der Waals surface area contributed by atoms with Crippen molar-refractivity contribution in [3.63, 3.8) is 0 Å². The summed E-state index contributed by atoms with van der Waals surface area (Å²) in [5.74, 6) is 0.772. The van der Waals surface area contributed by atoms with Crippen LogP contribution in [0.2, 0.25) is 0 Å². The lowest BCUT2D eigenvalue weighted by molar-refractivity contribution is 0.466. The van der Waals surface area contributed by atoms with Crippen molar-refractivity contribution in [2.75, 3.05) is 0 Å². The molecule has 0 fully saturated rings. The van der Waals surface area contributed by atoms with E-state index in [0.29, 0.717) is 39.4 Å². The monoisotopic (exact) mass is 753 g/mol. The second-order valence-electron chi connectivity index (χ2n) is 16.3. The number of nitrogens with zero attached hydrogens (tertiary/aromatic N) is 3. The molecule has 2 aromatic heterocycles. The summed E-state index contributed by atoms with van der Waals surface area (Å²) in [7, 11) is 0. The quantitative estimate of drug-likeness (QED) is 0.168. The molecule has 8 rings (SSSR count). The molecule has 57 heavy (non-hydrogen) atoms. The van der Waals surface area contributed by atoms with Crippen LogP contribution in [0.5, 0.6) is 5.75 Å². The summed E-state index contributed by atoms with van der Waals surface area (Å²) in [5.41, 5.74) is 10.4. The number of aromatic hydroxyl groups is 1. The molecule has 0 aliphatic rings. The van der Waals surface area contributed by atoms with Gasteiger partial charge in [-0.3, -0.25) is 9.55 Å². The molecule has 1 N–H and O–H groups in total. The number of aromatic nitrogens is 3. The van der Waals surface area contributed by atoms with Gasteiger partial charge in [0.15, 0.2) is 0 Å². The number of benzene rings is 6. The van der Waals surface area contributed by atoms with Gasteiger partial charge in [-0.05, 0) is 112 Å². The largest absolute Gasteiger partial charge is 0.507 e. The third-order valence-corrected chi connectivity index (χ3v) is 10.7. The van der Waals surface area contributed by atoms with Crippen molar-refractivity contribution in [1.82, 2.24) is 14.5 Å². The Kier molecular flexibility index (Phi) is 7.65. The molecule has 0 spiro atoms. The summed E-state index contributed by atoms with van der Waals surface area (Å²) >= 11 is 0. The maximum absolute atomic E-state index is 12.2. The molecule has 6 aromatic carbocycles. The smallest absolute Gasteiger partial charge is 0.149 e. The molecule has 4 nitrogen and oxygen atoms in total. The van der Waals surface area contributed by atoms with Crippen molar-refractivity contribution >= 4 is 11.0 Å². The molecule has 0 atom stereocenters. The van der Waals surface area contributed by atoms with E-state index in [0.717, 1.165) is 44.5 Å². The van der Waals surface area contributed by atoms with E-state index in [1.165, 1.54) is 0 Å². The molecule has 0 saturated heterocycles. The predicted molar refractivity (Wildman–Crippen MR) is 239 cm³/mol. The summed E-state index contributed by atoms with van der Waals surface area (Å²) in [6.07, 6.45) is 1.59. The summed E-state index contributed by atoms with van der Waals surface area (Å²) in [6, 6.07) is 32.8.